The molecule has 1 aliphatic heterocycles. The van der Waals surface area contributed by atoms with Crippen molar-refractivity contribution in [3.8, 4) is 0 Å². The fraction of sp³-hybridized carbons (Fsp3) is 0.722. The van der Waals surface area contributed by atoms with Gasteiger partial charge in [-0.15, -0.1) is 11.3 Å². The van der Waals surface area contributed by atoms with Crippen LogP contribution in [-0.2, 0) is 11.3 Å². The normalized spacial score (nSPS) is 23.3. The Bertz CT molecular complexity index is 545. The number of hydrogen-bond donors (Lipinski definition) is 2. The highest BCUT2D eigenvalue weighted by Crippen LogP contribution is 2.20. The third-order valence-corrected chi connectivity index (χ3v) is 5.41. The van der Waals surface area contributed by atoms with Gasteiger partial charge in [0.1, 0.15) is 0 Å². The van der Waals surface area contributed by atoms with Gasteiger partial charge in [0.2, 0.25) is 0 Å². The third kappa shape index (κ3) is 5.46. The van der Waals surface area contributed by atoms with Crippen LogP contribution in [-0.4, -0.2) is 55.3 Å². The average Bonchev–Trinajstić information content (AvgIpc) is 2.92. The number of hydrogen-bond acceptors (Lipinski definition) is 4. The van der Waals surface area contributed by atoms with E-state index in [2.05, 4.69) is 67.3 Å². The Balaban J connectivity index is 1.84. The van der Waals surface area contributed by atoms with Crippen molar-refractivity contribution in [2.75, 3.05) is 26.7 Å². The first-order chi connectivity index (χ1) is 11.3. The molecule has 2 rings (SSSR count). The van der Waals surface area contributed by atoms with Crippen LogP contribution >= 0.6 is 11.3 Å². The summed E-state index contributed by atoms with van der Waals surface area (Å²) < 4.78 is 5.85. The van der Waals surface area contributed by atoms with Crippen LogP contribution in [0, 0.1) is 6.92 Å². The quantitative estimate of drug-likeness (QED) is 0.632. The number of morpholine rings is 1. The smallest absolute Gasteiger partial charge is 0.191 e. The van der Waals surface area contributed by atoms with Crippen molar-refractivity contribution in [2.45, 2.75) is 58.9 Å². The number of thiophene rings is 1. The minimum Gasteiger partial charge on any atom is -0.373 e. The van der Waals surface area contributed by atoms with E-state index in [0.717, 1.165) is 32.1 Å². The fourth-order valence-electron chi connectivity index (χ4n) is 3.06. The first kappa shape index (κ1) is 19.2. The van der Waals surface area contributed by atoms with Crippen molar-refractivity contribution < 1.29 is 4.74 Å². The van der Waals surface area contributed by atoms with Gasteiger partial charge in [-0.3, -0.25) is 9.89 Å². The van der Waals surface area contributed by atoms with E-state index in [0.29, 0.717) is 0 Å². The van der Waals surface area contributed by atoms with Gasteiger partial charge in [-0.2, -0.15) is 0 Å². The van der Waals surface area contributed by atoms with Gasteiger partial charge in [0, 0.05) is 42.0 Å². The number of nitrogens with one attached hydrogen (secondary N) is 2. The predicted molar refractivity (Wildman–Crippen MR) is 103 cm³/mol. The number of aryl methyl sites for hydroxylation is 1. The SMILES string of the molecule is CN=C(NCc1ccc(C)s1)NCC(C)(C)N1CC(C)OC(C)C1. The zero-order chi connectivity index (χ0) is 17.7. The summed E-state index contributed by atoms with van der Waals surface area (Å²) in [7, 11) is 1.82. The van der Waals surface area contributed by atoms with E-state index in [4.69, 9.17) is 4.74 Å². The van der Waals surface area contributed by atoms with Gasteiger partial charge in [0.15, 0.2) is 5.96 Å². The van der Waals surface area contributed by atoms with Crippen LogP contribution in [0.5, 0.6) is 0 Å². The van der Waals surface area contributed by atoms with Crippen LogP contribution < -0.4 is 10.6 Å². The summed E-state index contributed by atoms with van der Waals surface area (Å²) in [6.07, 6.45) is 0.570. The molecule has 5 nitrogen and oxygen atoms in total. The van der Waals surface area contributed by atoms with E-state index in [1.807, 2.05) is 18.4 Å². The third-order valence-electron chi connectivity index (χ3n) is 4.41. The lowest BCUT2D eigenvalue weighted by atomic mass is 10.00. The van der Waals surface area contributed by atoms with E-state index in [9.17, 15) is 0 Å². The van der Waals surface area contributed by atoms with E-state index >= 15 is 0 Å². The number of nitrogens with zero attached hydrogens (tertiary/aromatic N) is 2. The van der Waals surface area contributed by atoms with Crippen LogP contribution in [0.1, 0.15) is 37.4 Å². The molecule has 2 atom stereocenters. The average molecular weight is 353 g/mol. The lowest BCUT2D eigenvalue weighted by Crippen LogP contribution is -2.59. The summed E-state index contributed by atoms with van der Waals surface area (Å²) in [6, 6.07) is 4.32. The largest absolute Gasteiger partial charge is 0.373 e. The second-order valence-electron chi connectivity index (χ2n) is 7.27. The monoisotopic (exact) mass is 352 g/mol. The van der Waals surface area contributed by atoms with Crippen molar-refractivity contribution in [2.24, 2.45) is 4.99 Å². The molecule has 1 fully saturated rings. The molecule has 0 saturated carbocycles. The van der Waals surface area contributed by atoms with Crippen molar-refractivity contribution in [3.05, 3.63) is 21.9 Å². The standard InChI is InChI=1S/C18H32N4OS/c1-13-10-22(11-14(2)23-13)18(4,5)12-21-17(19-6)20-9-16-8-7-15(3)24-16/h7-8,13-14H,9-12H2,1-6H3,(H2,19,20,21). The van der Waals surface area contributed by atoms with Gasteiger partial charge in [0.05, 0.1) is 18.8 Å². The number of ether oxygens (including phenoxy) is 1. The molecule has 0 amide bonds. The Morgan fingerprint density at radius 1 is 1.29 bits per heavy atom. The maximum Gasteiger partial charge on any atom is 0.191 e. The molecule has 24 heavy (non-hydrogen) atoms. The Morgan fingerprint density at radius 2 is 1.96 bits per heavy atom. The molecule has 0 radical (unpaired) electrons. The van der Waals surface area contributed by atoms with Gasteiger partial charge in [-0.25, -0.2) is 0 Å². The van der Waals surface area contributed by atoms with Crippen LogP contribution in [0.15, 0.2) is 17.1 Å². The first-order valence-corrected chi connectivity index (χ1v) is 9.52. The van der Waals surface area contributed by atoms with Gasteiger partial charge in [0.25, 0.3) is 0 Å². The molecule has 0 spiro atoms. The van der Waals surface area contributed by atoms with E-state index in [1.165, 1.54) is 9.75 Å². The van der Waals surface area contributed by atoms with Gasteiger partial charge in [-0.1, -0.05) is 0 Å². The zero-order valence-corrected chi connectivity index (χ0v) is 16.7. The van der Waals surface area contributed by atoms with Crippen molar-refractivity contribution in [1.82, 2.24) is 15.5 Å². The molecule has 0 bridgehead atoms. The predicted octanol–water partition coefficient (Wildman–Crippen LogP) is 2.61. The van der Waals surface area contributed by atoms with E-state index in [-0.39, 0.29) is 17.7 Å². The summed E-state index contributed by atoms with van der Waals surface area (Å²) in [5.74, 6) is 0.850. The van der Waals surface area contributed by atoms with Gasteiger partial charge >= 0.3 is 0 Å². The van der Waals surface area contributed by atoms with Crippen LogP contribution in [0.2, 0.25) is 0 Å². The van der Waals surface area contributed by atoms with E-state index < -0.39 is 0 Å². The Morgan fingerprint density at radius 3 is 2.50 bits per heavy atom. The molecule has 1 aromatic rings. The second-order valence-corrected chi connectivity index (χ2v) is 8.64. The summed E-state index contributed by atoms with van der Waals surface area (Å²) in [6.45, 7) is 14.6. The van der Waals surface area contributed by atoms with Crippen LogP contribution in [0.3, 0.4) is 0 Å². The molecule has 2 unspecified atom stereocenters. The minimum atomic E-state index is 0.0451. The minimum absolute atomic E-state index is 0.0451. The van der Waals surface area contributed by atoms with Gasteiger partial charge < -0.3 is 15.4 Å². The lowest BCUT2D eigenvalue weighted by molar-refractivity contribution is -0.0946. The van der Waals surface area contributed by atoms with Crippen LogP contribution in [0.25, 0.3) is 0 Å². The number of guanidine groups is 1. The van der Waals surface area contributed by atoms with E-state index in [1.54, 1.807) is 0 Å². The summed E-state index contributed by atoms with van der Waals surface area (Å²) in [5, 5.41) is 6.87. The molecule has 1 aliphatic rings. The maximum absolute atomic E-state index is 5.85. The topological polar surface area (TPSA) is 48.9 Å². The van der Waals surface area contributed by atoms with Crippen molar-refractivity contribution in [1.29, 1.82) is 0 Å². The number of aliphatic imine (C=N–C) groups is 1. The highest BCUT2D eigenvalue weighted by Gasteiger charge is 2.33. The molecule has 2 heterocycles. The molecule has 0 aliphatic carbocycles. The summed E-state index contributed by atoms with van der Waals surface area (Å²) in [4.78, 5) is 9.52. The Hall–Kier alpha value is -1.11. The zero-order valence-electron chi connectivity index (χ0n) is 15.8. The highest BCUT2D eigenvalue weighted by atomic mass is 32.1. The van der Waals surface area contributed by atoms with Crippen molar-refractivity contribution in [3.63, 3.8) is 0 Å². The molecule has 1 aromatic heterocycles. The first-order valence-electron chi connectivity index (χ1n) is 8.70. The van der Waals surface area contributed by atoms with Gasteiger partial charge in [-0.05, 0) is 46.8 Å². The molecule has 136 valence electrons. The maximum atomic E-state index is 5.85. The van der Waals surface area contributed by atoms with Crippen LogP contribution in [0.4, 0.5) is 0 Å². The highest BCUT2D eigenvalue weighted by molar-refractivity contribution is 7.11. The number of rotatable bonds is 5. The Kier molecular flexibility index (Phi) is 6.66. The molecule has 6 heteroatoms. The molecule has 0 aromatic carbocycles. The van der Waals surface area contributed by atoms with Crippen molar-refractivity contribution >= 4 is 17.3 Å². The fourth-order valence-corrected chi connectivity index (χ4v) is 3.89. The summed E-state index contributed by atoms with van der Waals surface area (Å²) >= 11 is 1.82. The molecule has 2 N–H and O–H groups in total. The molecule has 1 saturated heterocycles. The molecular formula is C18H32N4OS. The molecular weight excluding hydrogens is 320 g/mol. The Labute approximate surface area is 150 Å². The lowest BCUT2D eigenvalue weighted by Gasteiger charge is -2.45. The summed E-state index contributed by atoms with van der Waals surface area (Å²) in [5.41, 5.74) is 0.0451. The second kappa shape index (κ2) is 8.32.